The van der Waals surface area contributed by atoms with Gasteiger partial charge in [0.25, 0.3) is 5.91 Å². The summed E-state index contributed by atoms with van der Waals surface area (Å²) in [5.74, 6) is -0.0971. The summed E-state index contributed by atoms with van der Waals surface area (Å²) in [7, 11) is 3.57. The Labute approximate surface area is 153 Å². The summed E-state index contributed by atoms with van der Waals surface area (Å²) < 4.78 is 6.87. The second kappa shape index (κ2) is 7.66. The van der Waals surface area contributed by atoms with Crippen molar-refractivity contribution in [3.63, 3.8) is 0 Å². The number of benzene rings is 1. The maximum Gasteiger partial charge on any atom is 0.252 e. The van der Waals surface area contributed by atoms with E-state index in [1.807, 2.05) is 55.9 Å². The van der Waals surface area contributed by atoms with Gasteiger partial charge in [-0.3, -0.25) is 9.48 Å². The van der Waals surface area contributed by atoms with Gasteiger partial charge in [0.2, 0.25) is 0 Å². The number of nitrogens with one attached hydrogen (secondary N) is 1. The first kappa shape index (κ1) is 18.1. The van der Waals surface area contributed by atoms with Gasteiger partial charge in [0.15, 0.2) is 0 Å². The van der Waals surface area contributed by atoms with Crippen molar-refractivity contribution < 1.29 is 9.53 Å². The minimum absolute atomic E-state index is 0.0971. The molecular weight excluding hydrogens is 328 g/mol. The minimum atomic E-state index is -0.0971. The molecule has 0 saturated carbocycles. The molecule has 2 aromatic heterocycles. The maximum atomic E-state index is 12.8. The lowest BCUT2D eigenvalue weighted by molar-refractivity contribution is 0.0950. The molecule has 0 aliphatic heterocycles. The van der Waals surface area contributed by atoms with Crippen LogP contribution in [0.2, 0.25) is 0 Å². The monoisotopic (exact) mass is 352 g/mol. The van der Waals surface area contributed by atoms with Crippen molar-refractivity contribution in [2.75, 3.05) is 20.3 Å². The summed E-state index contributed by atoms with van der Waals surface area (Å²) in [5.41, 5.74) is 5.11. The van der Waals surface area contributed by atoms with Gasteiger partial charge in [0.05, 0.1) is 22.5 Å². The highest BCUT2D eigenvalue weighted by Crippen LogP contribution is 2.29. The number of fused-ring (bicyclic) bond motifs is 1. The van der Waals surface area contributed by atoms with E-state index in [2.05, 4.69) is 10.4 Å². The first-order valence-corrected chi connectivity index (χ1v) is 8.70. The van der Waals surface area contributed by atoms with Crippen LogP contribution in [-0.4, -0.2) is 40.9 Å². The molecule has 0 atom stereocenters. The number of hydrogen-bond acceptors (Lipinski definition) is 4. The van der Waals surface area contributed by atoms with Gasteiger partial charge in [-0.15, -0.1) is 0 Å². The summed E-state index contributed by atoms with van der Waals surface area (Å²) in [4.78, 5) is 17.6. The Morgan fingerprint density at radius 2 is 2.04 bits per heavy atom. The predicted octanol–water partition coefficient (Wildman–Crippen LogP) is 3.02. The Kier molecular flexibility index (Phi) is 5.32. The second-order valence-electron chi connectivity index (χ2n) is 6.34. The third-order valence-electron chi connectivity index (χ3n) is 4.54. The van der Waals surface area contributed by atoms with Crippen molar-refractivity contribution in [3.05, 3.63) is 47.3 Å². The van der Waals surface area contributed by atoms with Crippen LogP contribution >= 0.6 is 0 Å². The van der Waals surface area contributed by atoms with Crippen LogP contribution in [0.5, 0.6) is 0 Å². The highest BCUT2D eigenvalue weighted by atomic mass is 16.5. The van der Waals surface area contributed by atoms with Gasteiger partial charge >= 0.3 is 0 Å². The van der Waals surface area contributed by atoms with Crippen LogP contribution < -0.4 is 5.32 Å². The molecule has 0 unspecified atom stereocenters. The van der Waals surface area contributed by atoms with Gasteiger partial charge in [-0.1, -0.05) is 18.2 Å². The van der Waals surface area contributed by atoms with Crippen molar-refractivity contribution in [1.29, 1.82) is 0 Å². The lowest BCUT2D eigenvalue weighted by Gasteiger charge is -2.11. The molecule has 1 amide bonds. The Bertz CT molecular complexity index is 946. The Balaban J connectivity index is 2.06. The van der Waals surface area contributed by atoms with Crippen LogP contribution in [0, 0.1) is 13.8 Å². The molecule has 0 spiro atoms. The third kappa shape index (κ3) is 3.46. The average Bonchev–Trinajstić information content (AvgIpc) is 2.89. The predicted molar refractivity (Wildman–Crippen MR) is 102 cm³/mol. The second-order valence-corrected chi connectivity index (χ2v) is 6.34. The van der Waals surface area contributed by atoms with E-state index in [1.165, 1.54) is 0 Å². The SMILES string of the molecule is COCCCNC(=O)c1cc(-c2c(C)nn(C)c2C)nc2ccccc12. The van der Waals surface area contributed by atoms with Crippen LogP contribution in [0.25, 0.3) is 22.2 Å². The van der Waals surface area contributed by atoms with E-state index in [-0.39, 0.29) is 5.91 Å². The molecule has 0 aliphatic rings. The van der Waals surface area contributed by atoms with Gasteiger partial charge in [-0.25, -0.2) is 4.98 Å². The number of aryl methyl sites for hydroxylation is 2. The van der Waals surface area contributed by atoms with Crippen molar-refractivity contribution in [2.24, 2.45) is 7.05 Å². The minimum Gasteiger partial charge on any atom is -0.385 e. The van der Waals surface area contributed by atoms with Gasteiger partial charge in [0, 0.05) is 44.0 Å². The molecule has 0 saturated heterocycles. The van der Waals surface area contributed by atoms with E-state index in [4.69, 9.17) is 9.72 Å². The number of rotatable bonds is 6. The Morgan fingerprint density at radius 3 is 2.73 bits per heavy atom. The standard InChI is InChI=1S/C20H24N4O2/c1-13-19(14(2)24(3)23-13)18-12-16(20(25)21-10-7-11-26-4)15-8-5-6-9-17(15)22-18/h5-6,8-9,12H,7,10-11H2,1-4H3,(H,21,25). The molecule has 3 aromatic rings. The summed E-state index contributed by atoms with van der Waals surface area (Å²) in [6.45, 7) is 5.17. The number of carbonyl (C=O) groups is 1. The highest BCUT2D eigenvalue weighted by Gasteiger charge is 2.18. The molecular formula is C20H24N4O2. The van der Waals surface area contributed by atoms with Crippen LogP contribution in [0.3, 0.4) is 0 Å². The molecule has 0 radical (unpaired) electrons. The van der Waals surface area contributed by atoms with E-state index >= 15 is 0 Å². The first-order chi connectivity index (χ1) is 12.5. The molecule has 0 bridgehead atoms. The number of amides is 1. The molecule has 6 heteroatoms. The molecule has 26 heavy (non-hydrogen) atoms. The zero-order chi connectivity index (χ0) is 18.7. The highest BCUT2D eigenvalue weighted by molar-refractivity contribution is 6.07. The van der Waals surface area contributed by atoms with Crippen LogP contribution in [-0.2, 0) is 11.8 Å². The Morgan fingerprint density at radius 1 is 1.27 bits per heavy atom. The molecule has 0 aliphatic carbocycles. The zero-order valence-corrected chi connectivity index (χ0v) is 15.7. The number of pyridine rings is 1. The van der Waals surface area contributed by atoms with Crippen molar-refractivity contribution in [3.8, 4) is 11.3 Å². The summed E-state index contributed by atoms with van der Waals surface area (Å²) in [6, 6.07) is 9.58. The van der Waals surface area contributed by atoms with Crippen LogP contribution in [0.4, 0.5) is 0 Å². The van der Waals surface area contributed by atoms with Crippen LogP contribution in [0.1, 0.15) is 28.2 Å². The molecule has 136 valence electrons. The van der Waals surface area contributed by atoms with E-state index in [1.54, 1.807) is 7.11 Å². The van der Waals surface area contributed by atoms with Crippen molar-refractivity contribution in [2.45, 2.75) is 20.3 Å². The number of ether oxygens (including phenoxy) is 1. The number of para-hydroxylation sites is 1. The lowest BCUT2D eigenvalue weighted by atomic mass is 10.0. The molecule has 1 N–H and O–H groups in total. The topological polar surface area (TPSA) is 69.0 Å². The molecule has 2 heterocycles. The maximum absolute atomic E-state index is 12.8. The Hall–Kier alpha value is -2.73. The molecule has 0 fully saturated rings. The third-order valence-corrected chi connectivity index (χ3v) is 4.54. The van der Waals surface area contributed by atoms with Crippen LogP contribution in [0.15, 0.2) is 30.3 Å². The smallest absolute Gasteiger partial charge is 0.252 e. The summed E-state index contributed by atoms with van der Waals surface area (Å²) >= 11 is 0. The van der Waals surface area contributed by atoms with Gasteiger partial charge in [-0.2, -0.15) is 5.10 Å². The fraction of sp³-hybridized carbons (Fsp3) is 0.350. The quantitative estimate of drug-likeness (QED) is 0.693. The number of hydrogen-bond donors (Lipinski definition) is 1. The molecule has 1 aromatic carbocycles. The molecule has 3 rings (SSSR count). The van der Waals surface area contributed by atoms with Crippen molar-refractivity contribution >= 4 is 16.8 Å². The molecule has 6 nitrogen and oxygen atoms in total. The first-order valence-electron chi connectivity index (χ1n) is 8.70. The number of aromatic nitrogens is 3. The van der Waals surface area contributed by atoms with E-state index in [0.717, 1.165) is 40.0 Å². The number of methoxy groups -OCH3 is 1. The fourth-order valence-electron chi connectivity index (χ4n) is 3.15. The van der Waals surface area contributed by atoms with E-state index in [9.17, 15) is 4.79 Å². The zero-order valence-electron chi connectivity index (χ0n) is 15.7. The lowest BCUT2D eigenvalue weighted by Crippen LogP contribution is -2.25. The van der Waals surface area contributed by atoms with Gasteiger partial charge < -0.3 is 10.1 Å². The average molecular weight is 352 g/mol. The van der Waals surface area contributed by atoms with Gasteiger partial charge in [0.1, 0.15) is 0 Å². The van der Waals surface area contributed by atoms with Gasteiger partial charge in [-0.05, 0) is 32.4 Å². The normalized spacial score (nSPS) is 11.1. The van der Waals surface area contributed by atoms with E-state index in [0.29, 0.717) is 18.7 Å². The van der Waals surface area contributed by atoms with Crippen molar-refractivity contribution in [1.82, 2.24) is 20.1 Å². The fourth-order valence-corrected chi connectivity index (χ4v) is 3.15. The number of carbonyl (C=O) groups excluding carboxylic acids is 1. The largest absolute Gasteiger partial charge is 0.385 e. The number of nitrogens with zero attached hydrogens (tertiary/aromatic N) is 3. The van der Waals surface area contributed by atoms with E-state index < -0.39 is 0 Å². The summed E-state index contributed by atoms with van der Waals surface area (Å²) in [6.07, 6.45) is 0.777. The summed E-state index contributed by atoms with van der Waals surface area (Å²) in [5, 5.41) is 8.29.